The van der Waals surface area contributed by atoms with E-state index in [4.69, 9.17) is 9.16 Å². The highest BCUT2D eigenvalue weighted by atomic mass is 28.3. The minimum atomic E-state index is -1.17. The number of benzene rings is 1. The van der Waals surface area contributed by atoms with Gasteiger partial charge < -0.3 is 9.16 Å². The molecule has 1 aromatic carbocycles. The van der Waals surface area contributed by atoms with Crippen molar-refractivity contribution in [3.05, 3.63) is 30.3 Å². The highest BCUT2D eigenvalue weighted by Gasteiger charge is 2.06. The van der Waals surface area contributed by atoms with Gasteiger partial charge in [-0.1, -0.05) is 30.3 Å². The Morgan fingerprint density at radius 2 is 1.85 bits per heavy atom. The van der Waals surface area contributed by atoms with Crippen molar-refractivity contribution in [1.29, 1.82) is 0 Å². The van der Waals surface area contributed by atoms with Crippen molar-refractivity contribution in [2.45, 2.75) is 6.55 Å². The third kappa shape index (κ3) is 3.72. The molecule has 0 fully saturated rings. The van der Waals surface area contributed by atoms with Crippen LogP contribution in [0, 0.1) is 0 Å². The predicted molar refractivity (Wildman–Crippen MR) is 56.9 cm³/mol. The van der Waals surface area contributed by atoms with Crippen molar-refractivity contribution in [3.8, 4) is 0 Å². The lowest BCUT2D eigenvalue weighted by molar-refractivity contribution is 0.147. The van der Waals surface area contributed by atoms with E-state index in [9.17, 15) is 0 Å². The van der Waals surface area contributed by atoms with Crippen molar-refractivity contribution in [3.63, 3.8) is 0 Å². The Labute approximate surface area is 81.2 Å². The molecule has 0 amide bonds. The molecule has 72 valence electrons. The average molecular weight is 196 g/mol. The van der Waals surface area contributed by atoms with Gasteiger partial charge in [0.25, 0.3) is 0 Å². The van der Waals surface area contributed by atoms with Crippen LogP contribution in [0.5, 0.6) is 0 Å². The van der Waals surface area contributed by atoms with Crippen LogP contribution in [-0.2, 0) is 9.16 Å². The Bertz CT molecular complexity index is 226. The summed E-state index contributed by atoms with van der Waals surface area (Å²) in [4.78, 5) is 0. The lowest BCUT2D eigenvalue weighted by atomic mass is 10.4. The first kappa shape index (κ1) is 10.4. The SMILES string of the molecule is COCCO[SiH](C)c1ccccc1. The number of hydrogen-bond acceptors (Lipinski definition) is 2. The van der Waals surface area contributed by atoms with E-state index in [2.05, 4.69) is 30.8 Å². The molecule has 0 aliphatic carbocycles. The topological polar surface area (TPSA) is 18.5 Å². The number of methoxy groups -OCH3 is 1. The van der Waals surface area contributed by atoms with E-state index in [1.54, 1.807) is 7.11 Å². The molecule has 0 saturated heterocycles. The zero-order valence-electron chi connectivity index (χ0n) is 8.19. The first-order valence-corrected chi connectivity index (χ1v) is 6.70. The van der Waals surface area contributed by atoms with Crippen LogP contribution in [-0.4, -0.2) is 29.4 Å². The second kappa shape index (κ2) is 5.91. The van der Waals surface area contributed by atoms with Crippen molar-refractivity contribution in [1.82, 2.24) is 0 Å². The molecule has 0 spiro atoms. The van der Waals surface area contributed by atoms with Gasteiger partial charge in [-0.3, -0.25) is 0 Å². The zero-order chi connectivity index (χ0) is 9.52. The summed E-state index contributed by atoms with van der Waals surface area (Å²) < 4.78 is 10.6. The van der Waals surface area contributed by atoms with Gasteiger partial charge in [-0.05, 0) is 11.7 Å². The van der Waals surface area contributed by atoms with E-state index in [0.717, 1.165) is 0 Å². The second-order valence-corrected chi connectivity index (χ2v) is 5.20. The quantitative estimate of drug-likeness (QED) is 0.515. The molecule has 1 aromatic rings. The summed E-state index contributed by atoms with van der Waals surface area (Å²) in [5.41, 5.74) is 0. The second-order valence-electron chi connectivity index (χ2n) is 2.92. The summed E-state index contributed by atoms with van der Waals surface area (Å²) in [5.74, 6) is 0. The highest BCUT2D eigenvalue weighted by Crippen LogP contribution is 1.90. The third-order valence-corrected chi connectivity index (χ3v) is 3.98. The third-order valence-electron chi connectivity index (χ3n) is 1.92. The van der Waals surface area contributed by atoms with E-state index >= 15 is 0 Å². The molecule has 1 unspecified atom stereocenters. The van der Waals surface area contributed by atoms with Gasteiger partial charge in [0.05, 0.1) is 13.2 Å². The van der Waals surface area contributed by atoms with E-state index in [1.807, 2.05) is 6.07 Å². The molecule has 0 aromatic heterocycles. The Hall–Kier alpha value is -0.643. The minimum Gasteiger partial charge on any atom is -0.413 e. The molecule has 0 radical (unpaired) electrons. The highest BCUT2D eigenvalue weighted by molar-refractivity contribution is 6.66. The first-order valence-electron chi connectivity index (χ1n) is 4.50. The summed E-state index contributed by atoms with van der Waals surface area (Å²) in [5, 5.41) is 1.35. The maximum atomic E-state index is 5.68. The standard InChI is InChI=1S/C10H16O2Si/c1-11-8-9-12-13(2)10-6-4-3-5-7-10/h3-7,13H,8-9H2,1-2H3. The van der Waals surface area contributed by atoms with E-state index in [1.165, 1.54) is 5.19 Å². The first-order chi connectivity index (χ1) is 6.34. The number of rotatable bonds is 5. The summed E-state index contributed by atoms with van der Waals surface area (Å²) in [7, 11) is 0.521. The fourth-order valence-electron chi connectivity index (χ4n) is 1.13. The normalized spacial score (nSPS) is 12.8. The molecule has 13 heavy (non-hydrogen) atoms. The van der Waals surface area contributed by atoms with Gasteiger partial charge in [0.1, 0.15) is 0 Å². The largest absolute Gasteiger partial charge is 0.413 e. The van der Waals surface area contributed by atoms with Gasteiger partial charge >= 0.3 is 0 Å². The molecule has 0 saturated carbocycles. The molecule has 0 aliphatic heterocycles. The summed E-state index contributed by atoms with van der Waals surface area (Å²) in [6.45, 7) is 3.58. The van der Waals surface area contributed by atoms with Crippen molar-refractivity contribution in [2.24, 2.45) is 0 Å². The number of hydrogen-bond donors (Lipinski definition) is 0. The molecule has 0 bridgehead atoms. The monoisotopic (exact) mass is 196 g/mol. The van der Waals surface area contributed by atoms with Crippen LogP contribution >= 0.6 is 0 Å². The van der Waals surface area contributed by atoms with Gasteiger partial charge in [0.2, 0.25) is 9.04 Å². The Morgan fingerprint density at radius 1 is 1.15 bits per heavy atom. The van der Waals surface area contributed by atoms with Gasteiger partial charge in [-0.2, -0.15) is 0 Å². The average Bonchev–Trinajstić information content (AvgIpc) is 2.19. The molecular weight excluding hydrogens is 180 g/mol. The van der Waals surface area contributed by atoms with Crippen LogP contribution in [0.2, 0.25) is 6.55 Å². The zero-order valence-corrected chi connectivity index (χ0v) is 9.35. The van der Waals surface area contributed by atoms with Crippen LogP contribution in [0.3, 0.4) is 0 Å². The van der Waals surface area contributed by atoms with Crippen molar-refractivity contribution >= 4 is 14.2 Å². The van der Waals surface area contributed by atoms with Crippen molar-refractivity contribution < 1.29 is 9.16 Å². The smallest absolute Gasteiger partial charge is 0.205 e. The van der Waals surface area contributed by atoms with E-state index in [-0.39, 0.29) is 0 Å². The Morgan fingerprint density at radius 3 is 2.46 bits per heavy atom. The molecular formula is C10H16O2Si. The summed E-state index contributed by atoms with van der Waals surface area (Å²) in [6.07, 6.45) is 0. The molecule has 0 heterocycles. The van der Waals surface area contributed by atoms with Crippen LogP contribution in [0.1, 0.15) is 0 Å². The van der Waals surface area contributed by atoms with Crippen LogP contribution in [0.15, 0.2) is 30.3 Å². The summed E-state index contributed by atoms with van der Waals surface area (Å²) >= 11 is 0. The van der Waals surface area contributed by atoms with E-state index in [0.29, 0.717) is 13.2 Å². The van der Waals surface area contributed by atoms with E-state index < -0.39 is 9.04 Å². The van der Waals surface area contributed by atoms with Gasteiger partial charge in [0, 0.05) is 7.11 Å². The van der Waals surface area contributed by atoms with Gasteiger partial charge in [-0.15, -0.1) is 0 Å². The van der Waals surface area contributed by atoms with Crippen LogP contribution < -0.4 is 5.19 Å². The lowest BCUT2D eigenvalue weighted by Gasteiger charge is -2.10. The fraction of sp³-hybridized carbons (Fsp3) is 0.400. The Kier molecular flexibility index (Phi) is 4.75. The van der Waals surface area contributed by atoms with Gasteiger partial charge in [0.15, 0.2) is 0 Å². The predicted octanol–water partition coefficient (Wildman–Crippen LogP) is 0.910. The molecule has 0 aliphatic rings. The molecule has 0 N–H and O–H groups in total. The lowest BCUT2D eigenvalue weighted by Crippen LogP contribution is -2.31. The molecule has 1 rings (SSSR count). The summed E-state index contributed by atoms with van der Waals surface area (Å²) in [6, 6.07) is 10.4. The van der Waals surface area contributed by atoms with Crippen LogP contribution in [0.4, 0.5) is 0 Å². The maximum absolute atomic E-state index is 5.68. The molecule has 2 nitrogen and oxygen atoms in total. The Balaban J connectivity index is 2.35. The van der Waals surface area contributed by atoms with Crippen LogP contribution in [0.25, 0.3) is 0 Å². The fourth-order valence-corrected chi connectivity index (χ4v) is 2.53. The molecule has 3 heteroatoms. The minimum absolute atomic E-state index is 0.685. The number of ether oxygens (including phenoxy) is 1. The van der Waals surface area contributed by atoms with Crippen molar-refractivity contribution in [2.75, 3.05) is 20.3 Å². The maximum Gasteiger partial charge on any atom is 0.205 e. The molecule has 1 atom stereocenters. The van der Waals surface area contributed by atoms with Gasteiger partial charge in [-0.25, -0.2) is 0 Å².